The summed E-state index contributed by atoms with van der Waals surface area (Å²) in [6.45, 7) is 1.46. The fraction of sp³-hybridized carbons (Fsp3) is 0.261. The number of amides is 7. The molecule has 0 bridgehead atoms. The molecule has 0 saturated heterocycles. The van der Waals surface area contributed by atoms with E-state index >= 15 is 0 Å². The molecule has 0 atom stereocenters. The Morgan fingerprint density at radius 3 is 0.957 bits per heavy atom. The Hall–Kier alpha value is -8.86. The molecule has 0 aromatic carbocycles. The highest BCUT2D eigenvalue weighted by atomic mass is 16.2. The van der Waals surface area contributed by atoms with Gasteiger partial charge in [-0.15, -0.1) is 0 Å². The van der Waals surface area contributed by atoms with Crippen molar-refractivity contribution in [1.82, 2.24) is 42.3 Å². The fourth-order valence-corrected chi connectivity index (χ4v) is 7.63. The highest BCUT2D eigenvalue weighted by Crippen LogP contribution is 2.23. The van der Waals surface area contributed by atoms with Crippen molar-refractivity contribution in [2.24, 2.45) is 49.3 Å². The minimum absolute atomic E-state index is 0.208. The number of aromatic nitrogens is 8. The maximum atomic E-state index is 13.5. The average molecular weight is 944 g/mol. The van der Waals surface area contributed by atoms with Crippen LogP contribution in [-0.4, -0.2) is 105 Å². The van der Waals surface area contributed by atoms with Gasteiger partial charge in [-0.3, -0.25) is 33.6 Å². The number of carbonyl (C=O) groups is 7. The third kappa shape index (κ3) is 11.1. The van der Waals surface area contributed by atoms with E-state index in [0.717, 1.165) is 13.0 Å². The second-order valence-corrected chi connectivity index (χ2v) is 17.0. The molecule has 360 valence electrons. The van der Waals surface area contributed by atoms with Gasteiger partial charge in [-0.1, -0.05) is 0 Å². The number of aryl methyl sites for hydroxylation is 7. The largest absolute Gasteiger partial charge is 0.351 e. The molecule has 7 rings (SSSR count). The van der Waals surface area contributed by atoms with Crippen LogP contribution in [0, 0.1) is 0 Å². The minimum atomic E-state index is -0.509. The van der Waals surface area contributed by atoms with Crippen molar-refractivity contribution >= 4 is 75.5 Å². The van der Waals surface area contributed by atoms with Crippen LogP contribution in [0.3, 0.4) is 0 Å². The van der Waals surface area contributed by atoms with Crippen molar-refractivity contribution in [3.63, 3.8) is 0 Å². The summed E-state index contributed by atoms with van der Waals surface area (Å²) in [7, 11) is 15.8. The van der Waals surface area contributed by atoms with Crippen molar-refractivity contribution < 1.29 is 38.5 Å². The van der Waals surface area contributed by atoms with Crippen LogP contribution in [0.2, 0.25) is 0 Å². The van der Waals surface area contributed by atoms with Gasteiger partial charge in [-0.2, -0.15) is 0 Å². The molecule has 0 unspecified atom stereocenters. The Labute approximate surface area is 396 Å². The molecule has 7 aromatic rings. The molecule has 8 N–H and O–H groups in total. The number of imidazole rings is 1. The summed E-state index contributed by atoms with van der Waals surface area (Å²) in [6, 6.07) is 9.17. The number of hydrogen-bond donors (Lipinski definition) is 8. The van der Waals surface area contributed by atoms with Gasteiger partial charge < -0.3 is 74.1 Å². The van der Waals surface area contributed by atoms with Crippen molar-refractivity contribution in [2.75, 3.05) is 59.1 Å². The maximum absolute atomic E-state index is 13.5. The third-order valence-electron chi connectivity index (χ3n) is 11.1. The molecule has 0 aliphatic rings. The molecule has 0 spiro atoms. The van der Waals surface area contributed by atoms with E-state index in [9.17, 15) is 33.6 Å². The Bertz CT molecular complexity index is 3130. The van der Waals surface area contributed by atoms with E-state index < -0.39 is 35.4 Å². The van der Waals surface area contributed by atoms with Crippen molar-refractivity contribution in [3.8, 4) is 0 Å². The molecule has 0 aliphatic carbocycles. The number of nitrogens with one attached hydrogen (secondary N) is 8. The van der Waals surface area contributed by atoms with Crippen molar-refractivity contribution in [1.29, 1.82) is 0 Å². The molecule has 7 amide bonds. The molecule has 0 saturated carbocycles. The van der Waals surface area contributed by atoms with E-state index in [2.05, 4.69) is 42.2 Å². The monoisotopic (exact) mass is 943 g/mol. The molecule has 7 aromatic heterocycles. The summed E-state index contributed by atoms with van der Waals surface area (Å²) >= 11 is 0. The van der Waals surface area contributed by atoms with Gasteiger partial charge in [0.1, 0.15) is 34.2 Å². The highest BCUT2D eigenvalue weighted by molar-refractivity contribution is 6.11. The van der Waals surface area contributed by atoms with Gasteiger partial charge in [0.15, 0.2) is 5.82 Å². The van der Waals surface area contributed by atoms with Gasteiger partial charge in [0, 0.05) is 112 Å². The highest BCUT2D eigenvalue weighted by Gasteiger charge is 2.22. The summed E-state index contributed by atoms with van der Waals surface area (Å²) in [6.07, 6.45) is 13.6. The van der Waals surface area contributed by atoms with Crippen LogP contribution < -0.4 is 42.1 Å². The zero-order valence-corrected chi connectivity index (χ0v) is 39.6. The van der Waals surface area contributed by atoms with E-state index in [0.29, 0.717) is 46.4 Å². The summed E-state index contributed by atoms with van der Waals surface area (Å²) in [5.74, 6) is -2.89. The Balaban J connectivity index is 0.919. The molecule has 0 fully saturated rings. The zero-order chi connectivity index (χ0) is 49.8. The van der Waals surface area contributed by atoms with Gasteiger partial charge in [-0.25, -0.2) is 4.98 Å². The van der Waals surface area contributed by atoms with Crippen LogP contribution in [0.4, 0.5) is 34.1 Å². The van der Waals surface area contributed by atoms with Gasteiger partial charge in [-0.05, 0) is 36.4 Å². The molecular weight excluding hydrogens is 889 g/mol. The fourth-order valence-electron chi connectivity index (χ4n) is 7.63. The van der Waals surface area contributed by atoms with E-state index in [1.165, 1.54) is 46.0 Å². The standard InChI is InChI=1S/C46H54N16O7/c1-55(2)13-10-11-48-40(63)33-15-27(21-57(33)4)49-41(64)34-16-28(22-58(34)5)50-42(65)35-17-29(23-59(35)6)51-43(66)36-18-30(24-60(36)7)52-44(67)37-19-31(25-61(37)8)53-45(68)38-20-32(26-62(38)9)54-46(69)39-47-12-14-56(39)3/h12,14-26H,10-11,13H2,1-9H3,(H,48,63)(H,49,64)(H,50,65)(H,51,66)(H,52,67)(H,53,68)(H,54,69)/p+1. The predicted octanol–water partition coefficient (Wildman–Crippen LogP) is 2.23. The lowest BCUT2D eigenvalue weighted by atomic mass is 10.3. The van der Waals surface area contributed by atoms with Gasteiger partial charge >= 0.3 is 0 Å². The lowest BCUT2D eigenvalue weighted by Gasteiger charge is -2.08. The lowest BCUT2D eigenvalue weighted by Crippen LogP contribution is -3.05. The first-order valence-electron chi connectivity index (χ1n) is 21.7. The van der Waals surface area contributed by atoms with Crippen LogP contribution in [0.15, 0.2) is 86.0 Å². The molecule has 7 heterocycles. The van der Waals surface area contributed by atoms with Gasteiger partial charge in [0.2, 0.25) is 0 Å². The smallest absolute Gasteiger partial charge is 0.291 e. The number of rotatable bonds is 17. The number of nitrogens with zero attached hydrogens (tertiary/aromatic N) is 8. The van der Waals surface area contributed by atoms with Crippen LogP contribution in [0.1, 0.15) is 80.0 Å². The summed E-state index contributed by atoms with van der Waals surface area (Å²) < 4.78 is 11.0. The summed E-state index contributed by atoms with van der Waals surface area (Å²) in [5.41, 5.74) is 3.75. The SMILES string of the molecule is Cn1cc(NC(=O)c2cc(NC(=O)c3cc(NC(=O)c4cc(NC(=O)c5cc(NC(=O)c6cc(NC(=O)c7nccn7C)cn6C)cn5C)cn4C)cn3C)cn2C)cc1C(=O)NCCC[NH+](C)C. The van der Waals surface area contributed by atoms with Crippen molar-refractivity contribution in [2.45, 2.75) is 6.42 Å². The van der Waals surface area contributed by atoms with Crippen LogP contribution in [0.25, 0.3) is 0 Å². The Morgan fingerprint density at radius 2 is 0.696 bits per heavy atom. The lowest BCUT2D eigenvalue weighted by molar-refractivity contribution is -0.858. The minimum Gasteiger partial charge on any atom is -0.351 e. The van der Waals surface area contributed by atoms with Gasteiger partial charge in [0.05, 0.1) is 54.8 Å². The topological polar surface area (TPSA) is 256 Å². The number of quaternary nitrogens is 1. The van der Waals surface area contributed by atoms with Crippen LogP contribution in [0.5, 0.6) is 0 Å². The molecule has 23 heteroatoms. The van der Waals surface area contributed by atoms with Crippen LogP contribution in [-0.2, 0) is 49.3 Å². The molecular formula is C46H55N16O7+. The number of carbonyl (C=O) groups excluding carboxylic acids is 7. The van der Waals surface area contributed by atoms with E-state index in [4.69, 9.17) is 0 Å². The normalized spacial score (nSPS) is 11.1. The van der Waals surface area contributed by atoms with E-state index in [-0.39, 0.29) is 40.2 Å². The average Bonchev–Trinajstić information content (AvgIpc) is 4.16. The molecule has 23 nitrogen and oxygen atoms in total. The second-order valence-electron chi connectivity index (χ2n) is 17.0. The molecule has 69 heavy (non-hydrogen) atoms. The first kappa shape index (κ1) is 48.1. The quantitative estimate of drug-likeness (QED) is 0.0627. The van der Waals surface area contributed by atoms with Crippen LogP contribution >= 0.6 is 0 Å². The first-order valence-corrected chi connectivity index (χ1v) is 21.7. The Morgan fingerprint density at radius 1 is 0.420 bits per heavy atom. The third-order valence-corrected chi connectivity index (χ3v) is 11.1. The zero-order valence-electron chi connectivity index (χ0n) is 39.6. The first-order chi connectivity index (χ1) is 32.7. The predicted molar refractivity (Wildman–Crippen MR) is 258 cm³/mol. The molecule has 0 aliphatic heterocycles. The Kier molecular flexibility index (Phi) is 13.9. The second kappa shape index (κ2) is 19.9. The van der Waals surface area contributed by atoms with Gasteiger partial charge in [0.25, 0.3) is 41.4 Å². The number of hydrogen-bond acceptors (Lipinski definition) is 8. The number of anilines is 6. The van der Waals surface area contributed by atoms with E-state index in [1.54, 1.807) is 126 Å². The van der Waals surface area contributed by atoms with E-state index in [1.807, 2.05) is 14.1 Å². The molecule has 0 radical (unpaired) electrons. The summed E-state index contributed by atoms with van der Waals surface area (Å²) in [5, 5.41) is 19.6. The summed E-state index contributed by atoms with van der Waals surface area (Å²) in [4.78, 5) is 97.6. The van der Waals surface area contributed by atoms with Crippen molar-refractivity contribution in [3.05, 3.63) is 126 Å². The maximum Gasteiger partial charge on any atom is 0.291 e.